The maximum atomic E-state index is 11.5. The first-order chi connectivity index (χ1) is 12.6. The van der Waals surface area contributed by atoms with Crippen molar-refractivity contribution >= 4 is 27.8 Å². The van der Waals surface area contributed by atoms with Crippen LogP contribution in [0.2, 0.25) is 0 Å². The molecule has 0 unspecified atom stereocenters. The van der Waals surface area contributed by atoms with Crippen molar-refractivity contribution < 1.29 is 4.79 Å². The van der Waals surface area contributed by atoms with Crippen molar-refractivity contribution in [3.8, 4) is 0 Å². The third-order valence-corrected chi connectivity index (χ3v) is 5.27. The van der Waals surface area contributed by atoms with Crippen molar-refractivity contribution in [2.24, 2.45) is 10.9 Å². The first kappa shape index (κ1) is 20.7. The molecule has 1 aromatic carbocycles. The van der Waals surface area contributed by atoms with Crippen LogP contribution in [-0.4, -0.2) is 50.0 Å². The molecule has 0 aromatic heterocycles. The van der Waals surface area contributed by atoms with E-state index >= 15 is 0 Å². The van der Waals surface area contributed by atoms with Crippen LogP contribution >= 0.6 is 15.9 Å². The fourth-order valence-electron chi connectivity index (χ4n) is 3.30. The van der Waals surface area contributed by atoms with Gasteiger partial charge in [-0.2, -0.15) is 0 Å². The Labute approximate surface area is 165 Å². The van der Waals surface area contributed by atoms with Gasteiger partial charge in [0.05, 0.1) is 0 Å². The summed E-state index contributed by atoms with van der Waals surface area (Å²) in [6.07, 6.45) is 4.82. The minimum atomic E-state index is 0.150. The highest BCUT2D eigenvalue weighted by Gasteiger charge is 2.22. The van der Waals surface area contributed by atoms with Crippen molar-refractivity contribution in [2.75, 3.05) is 33.2 Å². The summed E-state index contributed by atoms with van der Waals surface area (Å²) in [4.78, 5) is 18.7. The van der Waals surface area contributed by atoms with Crippen molar-refractivity contribution in [1.82, 2.24) is 15.5 Å². The fraction of sp³-hybridized carbons (Fsp3) is 0.600. The number of hydrogen-bond acceptors (Lipinski definition) is 2. The van der Waals surface area contributed by atoms with Crippen LogP contribution < -0.4 is 10.6 Å². The fourth-order valence-corrected chi connectivity index (χ4v) is 3.75. The molecule has 1 saturated heterocycles. The second-order valence-corrected chi connectivity index (χ2v) is 7.69. The highest BCUT2D eigenvalue weighted by Crippen LogP contribution is 2.20. The second kappa shape index (κ2) is 11.2. The van der Waals surface area contributed by atoms with Gasteiger partial charge in [0.2, 0.25) is 5.91 Å². The molecule has 0 radical (unpaired) electrons. The summed E-state index contributed by atoms with van der Waals surface area (Å²) in [6.45, 7) is 5.75. The average molecular weight is 423 g/mol. The van der Waals surface area contributed by atoms with Crippen molar-refractivity contribution in [3.63, 3.8) is 0 Å². The smallest absolute Gasteiger partial charge is 0.220 e. The number of carbonyl (C=O) groups excluding carboxylic acids is 1. The van der Waals surface area contributed by atoms with E-state index in [0.717, 1.165) is 62.3 Å². The van der Waals surface area contributed by atoms with E-state index in [1.54, 1.807) is 7.05 Å². The van der Waals surface area contributed by atoms with E-state index in [4.69, 9.17) is 4.99 Å². The number of rotatable bonds is 7. The molecule has 0 bridgehead atoms. The van der Waals surface area contributed by atoms with Crippen LogP contribution in [0.3, 0.4) is 0 Å². The first-order valence-electron chi connectivity index (χ1n) is 9.60. The predicted molar refractivity (Wildman–Crippen MR) is 111 cm³/mol. The third-order valence-electron chi connectivity index (χ3n) is 4.78. The summed E-state index contributed by atoms with van der Waals surface area (Å²) in [5.41, 5.74) is 1.34. The number of nitrogens with zero attached hydrogens (tertiary/aromatic N) is 2. The number of likely N-dealkylation sites (tertiary alicyclic amines) is 1. The zero-order valence-corrected chi connectivity index (χ0v) is 17.5. The molecule has 0 atom stereocenters. The molecule has 5 nitrogen and oxygen atoms in total. The Bertz CT molecular complexity index is 597. The molecule has 144 valence electrons. The highest BCUT2D eigenvalue weighted by molar-refractivity contribution is 9.10. The number of benzene rings is 1. The van der Waals surface area contributed by atoms with E-state index < -0.39 is 0 Å². The molecule has 2 N–H and O–H groups in total. The zero-order chi connectivity index (χ0) is 18.8. The van der Waals surface area contributed by atoms with E-state index in [1.165, 1.54) is 5.56 Å². The lowest BCUT2D eigenvalue weighted by atomic mass is 9.93. The molecule has 0 saturated carbocycles. The molecule has 26 heavy (non-hydrogen) atoms. The molecule has 1 fully saturated rings. The van der Waals surface area contributed by atoms with Gasteiger partial charge in [-0.15, -0.1) is 0 Å². The minimum absolute atomic E-state index is 0.150. The molecule has 1 aliphatic heterocycles. The van der Waals surface area contributed by atoms with Crippen LogP contribution in [0.25, 0.3) is 0 Å². The summed E-state index contributed by atoms with van der Waals surface area (Å²) < 4.78 is 1.13. The standard InChI is InChI=1S/C20H31BrN4O/c1-3-23-20(24-11-5-7-16-6-4-8-18(21)14-16)25-12-9-17(10-13-25)15-19(26)22-2/h4,6,8,14,17H,3,5,7,9-13,15H2,1-2H3,(H,22,26)(H,23,24). The molecule has 1 heterocycles. The van der Waals surface area contributed by atoms with Gasteiger partial charge < -0.3 is 15.5 Å². The van der Waals surface area contributed by atoms with Gasteiger partial charge in [0.25, 0.3) is 0 Å². The van der Waals surface area contributed by atoms with Crippen LogP contribution in [0.15, 0.2) is 33.7 Å². The van der Waals surface area contributed by atoms with Crippen molar-refractivity contribution in [1.29, 1.82) is 0 Å². The Hall–Kier alpha value is -1.56. The van der Waals surface area contributed by atoms with Gasteiger partial charge in [-0.25, -0.2) is 0 Å². The monoisotopic (exact) mass is 422 g/mol. The molecular formula is C20H31BrN4O. The molecule has 0 spiro atoms. The number of carbonyl (C=O) groups is 1. The first-order valence-corrected chi connectivity index (χ1v) is 10.4. The molecule has 0 aliphatic carbocycles. The minimum Gasteiger partial charge on any atom is -0.359 e. The van der Waals surface area contributed by atoms with Gasteiger partial charge in [-0.3, -0.25) is 9.79 Å². The molecule has 1 aliphatic rings. The third kappa shape index (κ3) is 6.98. The number of aliphatic imine (C=N–C) groups is 1. The zero-order valence-electron chi connectivity index (χ0n) is 15.9. The topological polar surface area (TPSA) is 56.7 Å². The number of hydrogen-bond donors (Lipinski definition) is 2. The highest BCUT2D eigenvalue weighted by atomic mass is 79.9. The summed E-state index contributed by atoms with van der Waals surface area (Å²) in [7, 11) is 1.71. The molecule has 1 amide bonds. The summed E-state index contributed by atoms with van der Waals surface area (Å²) in [5.74, 6) is 1.65. The normalized spacial score (nSPS) is 15.8. The largest absolute Gasteiger partial charge is 0.359 e. The molecule has 1 aromatic rings. The Balaban J connectivity index is 1.80. The van der Waals surface area contributed by atoms with Gasteiger partial charge in [0, 0.05) is 44.1 Å². The Kier molecular flexibility index (Phi) is 8.95. The number of amides is 1. The molecular weight excluding hydrogens is 392 g/mol. The van der Waals surface area contributed by atoms with Crippen LogP contribution in [-0.2, 0) is 11.2 Å². The lowest BCUT2D eigenvalue weighted by Crippen LogP contribution is -2.46. The van der Waals surface area contributed by atoms with E-state index in [0.29, 0.717) is 12.3 Å². The van der Waals surface area contributed by atoms with E-state index in [2.05, 4.69) is 62.7 Å². The number of nitrogens with one attached hydrogen (secondary N) is 2. The number of aryl methyl sites for hydroxylation is 1. The lowest BCUT2D eigenvalue weighted by Gasteiger charge is -2.34. The second-order valence-electron chi connectivity index (χ2n) is 6.78. The van der Waals surface area contributed by atoms with Gasteiger partial charge in [-0.1, -0.05) is 28.1 Å². The summed E-state index contributed by atoms with van der Waals surface area (Å²) in [5, 5.41) is 6.14. The maximum Gasteiger partial charge on any atom is 0.220 e. The average Bonchev–Trinajstić information content (AvgIpc) is 2.65. The Morgan fingerprint density at radius 1 is 1.35 bits per heavy atom. The molecule has 2 rings (SSSR count). The van der Waals surface area contributed by atoms with E-state index in [9.17, 15) is 4.79 Å². The summed E-state index contributed by atoms with van der Waals surface area (Å²) >= 11 is 3.52. The summed E-state index contributed by atoms with van der Waals surface area (Å²) in [6, 6.07) is 8.47. The van der Waals surface area contributed by atoms with Crippen LogP contribution in [0, 0.1) is 5.92 Å². The van der Waals surface area contributed by atoms with E-state index in [-0.39, 0.29) is 5.91 Å². The number of piperidine rings is 1. The SMILES string of the molecule is CCNC(=NCCCc1cccc(Br)c1)N1CCC(CC(=O)NC)CC1. The Morgan fingerprint density at radius 3 is 2.77 bits per heavy atom. The van der Waals surface area contributed by atoms with Crippen molar-refractivity contribution in [3.05, 3.63) is 34.3 Å². The maximum absolute atomic E-state index is 11.5. The molecule has 6 heteroatoms. The van der Waals surface area contributed by atoms with Crippen LogP contribution in [0.5, 0.6) is 0 Å². The number of guanidine groups is 1. The van der Waals surface area contributed by atoms with Gasteiger partial charge >= 0.3 is 0 Å². The predicted octanol–water partition coefficient (Wildman–Crippen LogP) is 3.20. The lowest BCUT2D eigenvalue weighted by molar-refractivity contribution is -0.121. The van der Waals surface area contributed by atoms with Crippen molar-refractivity contribution in [2.45, 2.75) is 39.0 Å². The number of halogens is 1. The van der Waals surface area contributed by atoms with Gasteiger partial charge in [0.15, 0.2) is 5.96 Å². The van der Waals surface area contributed by atoms with Gasteiger partial charge in [-0.05, 0) is 56.2 Å². The van der Waals surface area contributed by atoms with Gasteiger partial charge in [0.1, 0.15) is 0 Å². The van der Waals surface area contributed by atoms with Crippen LogP contribution in [0.4, 0.5) is 0 Å². The Morgan fingerprint density at radius 2 is 2.12 bits per heavy atom. The van der Waals surface area contributed by atoms with Crippen LogP contribution in [0.1, 0.15) is 38.2 Å². The van der Waals surface area contributed by atoms with E-state index in [1.807, 2.05) is 0 Å². The quantitative estimate of drug-likeness (QED) is 0.402.